The Balaban J connectivity index is 1.29. The van der Waals surface area contributed by atoms with Gasteiger partial charge in [0.25, 0.3) is 0 Å². The molecule has 4 nitrogen and oxygen atoms in total. The fraction of sp³-hybridized carbons (Fsp3) is 0. The van der Waals surface area contributed by atoms with Gasteiger partial charge in [-0.2, -0.15) is 0 Å². The summed E-state index contributed by atoms with van der Waals surface area (Å²) in [6, 6.07) is 51.8. The van der Waals surface area contributed by atoms with Crippen LogP contribution in [0.3, 0.4) is 0 Å². The van der Waals surface area contributed by atoms with E-state index in [1.807, 2.05) is 0 Å². The van der Waals surface area contributed by atoms with Crippen molar-refractivity contribution in [1.82, 2.24) is 14.1 Å². The molecule has 0 bridgehead atoms. The molecule has 0 aliphatic carbocycles. The van der Waals surface area contributed by atoms with Crippen molar-refractivity contribution in [3.8, 4) is 22.5 Å². The second-order valence-corrected chi connectivity index (χ2v) is 10.5. The van der Waals surface area contributed by atoms with E-state index in [4.69, 9.17) is 4.98 Å². The maximum atomic E-state index is 5.21. The van der Waals surface area contributed by atoms with E-state index in [0.717, 1.165) is 39.7 Å². The largest absolute Gasteiger partial charge is 0.309 e. The quantitative estimate of drug-likeness (QED) is 0.225. The third kappa shape index (κ3) is 3.13. The Kier molecular flexibility index (Phi) is 4.58. The van der Waals surface area contributed by atoms with E-state index in [1.54, 1.807) is 0 Å². The standard InChI is InChI=1S/C37H24N4/c1-6-16-32-27(11-1)28-12-2-7-17-33(28)39(32)25-21-23-26(24-22-25)40-34-18-8-3-13-29(34)30-14-4-9-19-35(30)41-36-20-10-5-15-31(36)38-37(40)41/h1-24H. The van der Waals surface area contributed by atoms with E-state index in [-0.39, 0.29) is 0 Å². The summed E-state index contributed by atoms with van der Waals surface area (Å²) >= 11 is 0. The Morgan fingerprint density at radius 2 is 0.902 bits per heavy atom. The number of hydrogen-bond acceptors (Lipinski definition) is 2. The number of anilines is 3. The maximum absolute atomic E-state index is 5.21. The molecule has 192 valence electrons. The van der Waals surface area contributed by atoms with E-state index in [0.29, 0.717) is 0 Å². The number of imidazole rings is 1. The summed E-state index contributed by atoms with van der Waals surface area (Å²) in [5.41, 5.74) is 11.3. The van der Waals surface area contributed by atoms with Crippen molar-refractivity contribution < 1.29 is 0 Å². The van der Waals surface area contributed by atoms with E-state index in [2.05, 4.69) is 160 Å². The third-order valence-electron chi connectivity index (χ3n) is 8.27. The highest BCUT2D eigenvalue weighted by Crippen LogP contribution is 2.47. The number of nitrogens with zero attached hydrogens (tertiary/aromatic N) is 4. The van der Waals surface area contributed by atoms with Crippen LogP contribution in [0.5, 0.6) is 0 Å². The van der Waals surface area contributed by atoms with Crippen LogP contribution in [-0.2, 0) is 0 Å². The number of fused-ring (bicyclic) bond motifs is 10. The molecule has 0 N–H and O–H groups in total. The molecule has 1 aliphatic rings. The molecule has 0 amide bonds. The fourth-order valence-corrected chi connectivity index (χ4v) is 6.51. The van der Waals surface area contributed by atoms with Gasteiger partial charge < -0.3 is 4.57 Å². The zero-order valence-corrected chi connectivity index (χ0v) is 22.1. The van der Waals surface area contributed by atoms with Crippen LogP contribution in [0.15, 0.2) is 146 Å². The molecule has 0 saturated carbocycles. The number of para-hydroxylation sites is 6. The van der Waals surface area contributed by atoms with Crippen molar-refractivity contribution in [2.45, 2.75) is 0 Å². The van der Waals surface area contributed by atoms with Gasteiger partial charge >= 0.3 is 0 Å². The third-order valence-corrected chi connectivity index (χ3v) is 8.27. The zero-order valence-electron chi connectivity index (χ0n) is 22.1. The van der Waals surface area contributed by atoms with Gasteiger partial charge in [0.1, 0.15) is 0 Å². The highest BCUT2D eigenvalue weighted by Gasteiger charge is 2.28. The summed E-state index contributed by atoms with van der Waals surface area (Å²) in [5.74, 6) is 0.883. The summed E-state index contributed by atoms with van der Waals surface area (Å²) < 4.78 is 4.65. The minimum absolute atomic E-state index is 0.883. The topological polar surface area (TPSA) is 26.0 Å². The van der Waals surface area contributed by atoms with Crippen molar-refractivity contribution in [1.29, 1.82) is 0 Å². The minimum atomic E-state index is 0.883. The second-order valence-electron chi connectivity index (χ2n) is 10.5. The van der Waals surface area contributed by atoms with Crippen molar-refractivity contribution in [2.24, 2.45) is 0 Å². The van der Waals surface area contributed by atoms with Crippen molar-refractivity contribution >= 4 is 50.2 Å². The first kappa shape index (κ1) is 22.2. The lowest BCUT2D eigenvalue weighted by Gasteiger charge is -2.24. The summed E-state index contributed by atoms with van der Waals surface area (Å²) in [6.07, 6.45) is 0. The van der Waals surface area contributed by atoms with Crippen LogP contribution in [0, 0.1) is 0 Å². The number of aromatic nitrogens is 3. The zero-order chi connectivity index (χ0) is 26.9. The average molecular weight is 525 g/mol. The monoisotopic (exact) mass is 524 g/mol. The van der Waals surface area contributed by atoms with Crippen LogP contribution in [0.4, 0.5) is 17.3 Å². The summed E-state index contributed by atoms with van der Waals surface area (Å²) in [5, 5.41) is 2.53. The predicted molar refractivity (Wildman–Crippen MR) is 169 cm³/mol. The molecule has 1 aliphatic heterocycles. The molecule has 2 aromatic heterocycles. The minimum Gasteiger partial charge on any atom is -0.309 e. The fourth-order valence-electron chi connectivity index (χ4n) is 6.51. The smallest absolute Gasteiger partial charge is 0.220 e. The molecular formula is C37H24N4. The maximum Gasteiger partial charge on any atom is 0.220 e. The SMILES string of the molecule is c1ccc2c(c1)-c1ccccc1-n1c(nc3ccccc31)N2c1ccc(-n2c3ccccc3c3ccccc32)cc1. The van der Waals surface area contributed by atoms with E-state index >= 15 is 0 Å². The Hall–Kier alpha value is -5.61. The first-order valence-corrected chi connectivity index (χ1v) is 13.9. The Labute approximate surface area is 237 Å². The predicted octanol–water partition coefficient (Wildman–Crippen LogP) is 9.57. The molecular weight excluding hydrogens is 500 g/mol. The van der Waals surface area contributed by atoms with Crippen molar-refractivity contribution in [3.05, 3.63) is 146 Å². The van der Waals surface area contributed by atoms with Crippen LogP contribution in [0.2, 0.25) is 0 Å². The highest BCUT2D eigenvalue weighted by molar-refractivity contribution is 6.09. The molecule has 9 rings (SSSR count). The van der Waals surface area contributed by atoms with Gasteiger partial charge in [-0.05, 0) is 60.7 Å². The molecule has 0 spiro atoms. The normalized spacial score (nSPS) is 12.3. The first-order chi connectivity index (χ1) is 20.4. The molecule has 0 radical (unpaired) electrons. The molecule has 0 atom stereocenters. The Bertz CT molecular complexity index is 2220. The lowest BCUT2D eigenvalue weighted by atomic mass is 10.0. The average Bonchev–Trinajstić information content (AvgIpc) is 3.54. The number of hydrogen-bond donors (Lipinski definition) is 0. The molecule has 0 saturated heterocycles. The van der Waals surface area contributed by atoms with Crippen LogP contribution in [0.25, 0.3) is 55.3 Å². The first-order valence-electron chi connectivity index (χ1n) is 13.9. The van der Waals surface area contributed by atoms with Gasteiger partial charge in [-0.1, -0.05) is 84.9 Å². The van der Waals surface area contributed by atoms with Gasteiger partial charge in [0.05, 0.1) is 33.4 Å². The van der Waals surface area contributed by atoms with E-state index in [9.17, 15) is 0 Å². The van der Waals surface area contributed by atoms with Crippen LogP contribution >= 0.6 is 0 Å². The number of benzene rings is 6. The lowest BCUT2D eigenvalue weighted by Crippen LogP contribution is -2.14. The molecule has 41 heavy (non-hydrogen) atoms. The summed E-state index contributed by atoms with van der Waals surface area (Å²) in [4.78, 5) is 7.50. The summed E-state index contributed by atoms with van der Waals surface area (Å²) in [7, 11) is 0. The van der Waals surface area contributed by atoms with Crippen molar-refractivity contribution in [3.63, 3.8) is 0 Å². The highest BCUT2D eigenvalue weighted by atomic mass is 15.3. The molecule has 8 aromatic rings. The van der Waals surface area contributed by atoms with Crippen LogP contribution < -0.4 is 4.90 Å². The molecule has 0 fully saturated rings. The Morgan fingerprint density at radius 1 is 0.390 bits per heavy atom. The van der Waals surface area contributed by atoms with Crippen LogP contribution in [-0.4, -0.2) is 14.1 Å². The van der Waals surface area contributed by atoms with E-state index < -0.39 is 0 Å². The lowest BCUT2D eigenvalue weighted by molar-refractivity contribution is 1.05. The van der Waals surface area contributed by atoms with Gasteiger partial charge in [-0.15, -0.1) is 0 Å². The van der Waals surface area contributed by atoms with Crippen molar-refractivity contribution in [2.75, 3.05) is 4.90 Å². The molecule has 4 heteroatoms. The van der Waals surface area contributed by atoms with Gasteiger partial charge in [-0.3, -0.25) is 9.47 Å². The van der Waals surface area contributed by atoms with Gasteiger partial charge in [0, 0.05) is 33.3 Å². The van der Waals surface area contributed by atoms with Gasteiger partial charge in [0.2, 0.25) is 5.95 Å². The number of rotatable bonds is 2. The molecule has 0 unspecified atom stereocenters. The van der Waals surface area contributed by atoms with Crippen LogP contribution in [0.1, 0.15) is 0 Å². The van der Waals surface area contributed by atoms with Gasteiger partial charge in [-0.25, -0.2) is 4.98 Å². The Morgan fingerprint density at radius 3 is 1.61 bits per heavy atom. The molecule has 6 aromatic carbocycles. The van der Waals surface area contributed by atoms with Gasteiger partial charge in [0.15, 0.2) is 0 Å². The van der Waals surface area contributed by atoms with E-state index in [1.165, 1.54) is 32.9 Å². The summed E-state index contributed by atoms with van der Waals surface area (Å²) in [6.45, 7) is 0. The second kappa shape index (κ2) is 8.44. The molecule has 3 heterocycles.